The van der Waals surface area contributed by atoms with Gasteiger partial charge in [0, 0.05) is 24.1 Å². The average Bonchev–Trinajstić information content (AvgIpc) is 3.15. The third kappa shape index (κ3) is 2.65. The minimum Gasteiger partial charge on any atom is -0.350 e. The molecule has 0 aliphatic carbocycles. The fourth-order valence-electron chi connectivity index (χ4n) is 3.07. The highest BCUT2D eigenvalue weighted by Crippen LogP contribution is 2.20. The lowest BCUT2D eigenvalue weighted by atomic mass is 10.1. The van der Waals surface area contributed by atoms with Crippen LogP contribution in [0.5, 0.6) is 0 Å². The first-order chi connectivity index (χ1) is 11.7. The van der Waals surface area contributed by atoms with Crippen molar-refractivity contribution in [3.8, 4) is 0 Å². The molecule has 2 aromatic heterocycles. The number of aromatic amines is 1. The smallest absolute Gasteiger partial charge is 0.224 e. The molecule has 2 N–H and O–H groups in total. The molecule has 0 atom stereocenters. The van der Waals surface area contributed by atoms with Crippen molar-refractivity contribution in [3.05, 3.63) is 66.1 Å². The van der Waals surface area contributed by atoms with Crippen molar-refractivity contribution in [3.63, 3.8) is 0 Å². The number of carbonyl (C=O) groups excluding carboxylic acids is 1. The predicted octanol–water partition coefficient (Wildman–Crippen LogP) is 2.91. The molecule has 2 heterocycles. The first-order valence-corrected chi connectivity index (χ1v) is 7.94. The van der Waals surface area contributed by atoms with Crippen molar-refractivity contribution in [2.45, 2.75) is 13.0 Å². The zero-order valence-corrected chi connectivity index (χ0v) is 13.4. The van der Waals surface area contributed by atoms with Crippen LogP contribution in [0.2, 0.25) is 0 Å². The van der Waals surface area contributed by atoms with Crippen molar-refractivity contribution in [2.75, 3.05) is 0 Å². The van der Waals surface area contributed by atoms with Crippen LogP contribution in [0.4, 0.5) is 0 Å². The monoisotopic (exact) mass is 318 g/mol. The van der Waals surface area contributed by atoms with Crippen LogP contribution in [-0.4, -0.2) is 20.4 Å². The maximum Gasteiger partial charge on any atom is 0.224 e. The molecule has 5 heteroatoms. The summed E-state index contributed by atoms with van der Waals surface area (Å²) in [5, 5.41) is 4.06. The lowest BCUT2D eigenvalue weighted by molar-refractivity contribution is -0.120. The SMILES string of the molecule is Cn1cc(CC(=O)NCc2nc3ccccc3[nH]2)c2ccccc21. The second-order valence-electron chi connectivity index (χ2n) is 5.94. The van der Waals surface area contributed by atoms with E-state index in [2.05, 4.69) is 32.0 Å². The Morgan fingerprint density at radius 3 is 2.83 bits per heavy atom. The molecule has 4 rings (SSSR count). The lowest BCUT2D eigenvalue weighted by Crippen LogP contribution is -2.25. The quantitative estimate of drug-likeness (QED) is 0.608. The van der Waals surface area contributed by atoms with Gasteiger partial charge in [-0.15, -0.1) is 0 Å². The summed E-state index contributed by atoms with van der Waals surface area (Å²) >= 11 is 0. The van der Waals surface area contributed by atoms with Crippen molar-refractivity contribution in [2.24, 2.45) is 7.05 Å². The Hall–Kier alpha value is -3.08. The van der Waals surface area contributed by atoms with E-state index in [0.29, 0.717) is 13.0 Å². The molecule has 0 radical (unpaired) electrons. The van der Waals surface area contributed by atoms with Crippen LogP contribution in [0.1, 0.15) is 11.4 Å². The van der Waals surface area contributed by atoms with Crippen LogP contribution < -0.4 is 5.32 Å². The number of aryl methyl sites for hydroxylation is 1. The molecule has 0 aliphatic rings. The number of hydrogen-bond donors (Lipinski definition) is 2. The molecule has 0 unspecified atom stereocenters. The van der Waals surface area contributed by atoms with Gasteiger partial charge in [0.2, 0.25) is 5.91 Å². The maximum absolute atomic E-state index is 12.3. The van der Waals surface area contributed by atoms with Gasteiger partial charge in [0.1, 0.15) is 5.82 Å². The number of nitrogens with zero attached hydrogens (tertiary/aromatic N) is 2. The summed E-state index contributed by atoms with van der Waals surface area (Å²) in [7, 11) is 2.00. The highest BCUT2D eigenvalue weighted by molar-refractivity contribution is 5.89. The van der Waals surface area contributed by atoms with E-state index < -0.39 is 0 Å². The maximum atomic E-state index is 12.3. The summed E-state index contributed by atoms with van der Waals surface area (Å²) in [6.45, 7) is 0.401. The molecule has 0 spiro atoms. The fraction of sp³-hybridized carbons (Fsp3) is 0.158. The molecule has 1 amide bonds. The molecule has 0 bridgehead atoms. The highest BCUT2D eigenvalue weighted by atomic mass is 16.1. The molecule has 2 aromatic carbocycles. The second-order valence-corrected chi connectivity index (χ2v) is 5.94. The van der Waals surface area contributed by atoms with E-state index in [9.17, 15) is 4.79 Å². The zero-order valence-electron chi connectivity index (χ0n) is 13.4. The Morgan fingerprint density at radius 2 is 1.96 bits per heavy atom. The summed E-state index contributed by atoms with van der Waals surface area (Å²) in [5.74, 6) is 0.759. The number of benzene rings is 2. The van der Waals surface area contributed by atoms with E-state index in [1.807, 2.05) is 49.6 Å². The van der Waals surface area contributed by atoms with Crippen LogP contribution in [0, 0.1) is 0 Å². The molecular weight excluding hydrogens is 300 g/mol. The normalized spacial score (nSPS) is 11.2. The number of H-pyrrole nitrogens is 1. The largest absolute Gasteiger partial charge is 0.350 e. The fourth-order valence-corrected chi connectivity index (χ4v) is 3.07. The molecule has 0 saturated carbocycles. The van der Waals surface area contributed by atoms with E-state index in [4.69, 9.17) is 0 Å². The molecule has 5 nitrogen and oxygen atoms in total. The number of fused-ring (bicyclic) bond motifs is 2. The molecule has 0 saturated heterocycles. The Labute approximate surface area is 139 Å². The molecule has 0 aliphatic heterocycles. The van der Waals surface area contributed by atoms with E-state index in [1.54, 1.807) is 0 Å². The van der Waals surface area contributed by atoms with Crippen LogP contribution in [-0.2, 0) is 24.8 Å². The first-order valence-electron chi connectivity index (χ1n) is 7.94. The van der Waals surface area contributed by atoms with Gasteiger partial charge in [0.25, 0.3) is 0 Å². The minimum absolute atomic E-state index is 0.00758. The van der Waals surface area contributed by atoms with E-state index >= 15 is 0 Å². The number of hydrogen-bond acceptors (Lipinski definition) is 2. The van der Waals surface area contributed by atoms with Gasteiger partial charge in [-0.3, -0.25) is 4.79 Å². The summed E-state index contributed by atoms with van der Waals surface area (Å²) in [6, 6.07) is 16.0. The Bertz CT molecular complexity index is 995. The number of amides is 1. The lowest BCUT2D eigenvalue weighted by Gasteiger charge is -2.02. The van der Waals surface area contributed by atoms with Crippen molar-refractivity contribution in [1.29, 1.82) is 0 Å². The summed E-state index contributed by atoms with van der Waals surface area (Å²) < 4.78 is 2.05. The van der Waals surface area contributed by atoms with Gasteiger partial charge in [-0.1, -0.05) is 30.3 Å². The number of para-hydroxylation sites is 3. The van der Waals surface area contributed by atoms with Gasteiger partial charge in [0.05, 0.1) is 24.0 Å². The van der Waals surface area contributed by atoms with Crippen LogP contribution in [0.25, 0.3) is 21.9 Å². The van der Waals surface area contributed by atoms with E-state index in [-0.39, 0.29) is 5.91 Å². The van der Waals surface area contributed by atoms with Gasteiger partial charge < -0.3 is 14.9 Å². The van der Waals surface area contributed by atoms with Crippen molar-refractivity contribution in [1.82, 2.24) is 19.9 Å². The van der Waals surface area contributed by atoms with Gasteiger partial charge in [-0.05, 0) is 23.8 Å². The molecule has 120 valence electrons. The van der Waals surface area contributed by atoms with Crippen molar-refractivity contribution < 1.29 is 4.79 Å². The van der Waals surface area contributed by atoms with E-state index in [0.717, 1.165) is 33.3 Å². The summed E-state index contributed by atoms with van der Waals surface area (Å²) in [6.07, 6.45) is 2.38. The van der Waals surface area contributed by atoms with E-state index in [1.165, 1.54) is 0 Å². The molecular formula is C19H18N4O. The molecule has 4 aromatic rings. The third-order valence-electron chi connectivity index (χ3n) is 4.22. The number of nitrogens with one attached hydrogen (secondary N) is 2. The highest BCUT2D eigenvalue weighted by Gasteiger charge is 2.11. The summed E-state index contributed by atoms with van der Waals surface area (Å²) in [4.78, 5) is 20.0. The number of imidazole rings is 1. The average molecular weight is 318 g/mol. The van der Waals surface area contributed by atoms with Gasteiger partial charge >= 0.3 is 0 Å². The van der Waals surface area contributed by atoms with Crippen LogP contribution in [0.15, 0.2) is 54.7 Å². The zero-order chi connectivity index (χ0) is 16.5. The summed E-state index contributed by atoms with van der Waals surface area (Å²) in [5.41, 5.74) is 4.07. The van der Waals surface area contributed by atoms with Crippen molar-refractivity contribution >= 4 is 27.8 Å². The van der Waals surface area contributed by atoms with Gasteiger partial charge in [-0.25, -0.2) is 4.98 Å². The predicted molar refractivity (Wildman–Crippen MR) is 94.6 cm³/mol. The number of aromatic nitrogens is 3. The first kappa shape index (κ1) is 14.5. The third-order valence-corrected chi connectivity index (χ3v) is 4.22. The van der Waals surface area contributed by atoms with Crippen LogP contribution in [0.3, 0.4) is 0 Å². The number of carbonyl (C=O) groups is 1. The van der Waals surface area contributed by atoms with Gasteiger partial charge in [-0.2, -0.15) is 0 Å². The molecule has 24 heavy (non-hydrogen) atoms. The van der Waals surface area contributed by atoms with Crippen LogP contribution >= 0.6 is 0 Å². The Kier molecular flexibility index (Phi) is 3.54. The standard InChI is InChI=1S/C19H18N4O/c1-23-12-13(14-6-2-5-9-17(14)23)10-19(24)20-11-18-21-15-7-3-4-8-16(15)22-18/h2-9,12H,10-11H2,1H3,(H,20,24)(H,21,22). The molecule has 0 fully saturated rings. The Morgan fingerprint density at radius 1 is 1.17 bits per heavy atom. The number of rotatable bonds is 4. The Balaban J connectivity index is 1.46. The minimum atomic E-state index is -0.00758. The topological polar surface area (TPSA) is 62.7 Å². The van der Waals surface area contributed by atoms with Gasteiger partial charge in [0.15, 0.2) is 0 Å². The second kappa shape index (κ2) is 5.85.